The highest BCUT2D eigenvalue weighted by Crippen LogP contribution is 2.59. The van der Waals surface area contributed by atoms with Crippen molar-refractivity contribution in [2.75, 3.05) is 0 Å². The van der Waals surface area contributed by atoms with Gasteiger partial charge < -0.3 is 5.11 Å². The average molecular weight is 272 g/mol. The van der Waals surface area contributed by atoms with Gasteiger partial charge in [-0.15, -0.1) is 0 Å². The first-order valence-electron chi connectivity index (χ1n) is 7.71. The first kappa shape index (κ1) is 12.3. The molecule has 0 aliphatic heterocycles. The minimum absolute atomic E-state index is 0.0328. The molecule has 4 nitrogen and oxygen atoms in total. The van der Waals surface area contributed by atoms with Crippen LogP contribution in [0.5, 0.6) is 0 Å². The van der Waals surface area contributed by atoms with Gasteiger partial charge in [-0.2, -0.15) is 0 Å². The Hall–Kier alpha value is -1.45. The quantitative estimate of drug-likeness (QED) is 0.918. The second-order valence-corrected chi connectivity index (χ2v) is 6.96. The van der Waals surface area contributed by atoms with Gasteiger partial charge in [0, 0.05) is 18.3 Å². The van der Waals surface area contributed by atoms with Gasteiger partial charge in [0.15, 0.2) is 0 Å². The summed E-state index contributed by atoms with van der Waals surface area (Å²) >= 11 is 0. The molecule has 1 aromatic heterocycles. The summed E-state index contributed by atoms with van der Waals surface area (Å²) in [7, 11) is 0. The largest absolute Gasteiger partial charge is 0.481 e. The Labute approximate surface area is 118 Å². The number of carbonyl (C=O) groups is 1. The lowest BCUT2D eigenvalue weighted by Crippen LogP contribution is -2.44. The Morgan fingerprint density at radius 2 is 1.70 bits per heavy atom. The molecule has 0 aromatic carbocycles. The van der Waals surface area contributed by atoms with E-state index in [-0.39, 0.29) is 6.42 Å². The van der Waals surface area contributed by atoms with E-state index in [2.05, 4.69) is 9.97 Å². The summed E-state index contributed by atoms with van der Waals surface area (Å²) in [6.07, 6.45) is 10.4. The highest BCUT2D eigenvalue weighted by molar-refractivity contribution is 5.69. The number of hydrogen-bond acceptors (Lipinski definition) is 3. The zero-order valence-corrected chi connectivity index (χ0v) is 11.5. The van der Waals surface area contributed by atoms with Crippen molar-refractivity contribution in [3.63, 3.8) is 0 Å². The SMILES string of the molecule is O=C(O)Cc1cnc(C2C3CC4CC(C3)CC2C4)cn1. The normalized spacial score (nSPS) is 38.1. The molecule has 4 aliphatic rings. The molecule has 0 radical (unpaired) electrons. The van der Waals surface area contributed by atoms with Gasteiger partial charge in [0.1, 0.15) is 0 Å². The molecule has 4 fully saturated rings. The monoisotopic (exact) mass is 272 g/mol. The van der Waals surface area contributed by atoms with Crippen LogP contribution in [0.4, 0.5) is 0 Å². The maximum atomic E-state index is 10.7. The maximum Gasteiger partial charge on any atom is 0.309 e. The molecule has 0 amide bonds. The molecule has 1 heterocycles. The van der Waals surface area contributed by atoms with Crippen molar-refractivity contribution in [1.29, 1.82) is 0 Å². The van der Waals surface area contributed by atoms with Crippen LogP contribution in [0.25, 0.3) is 0 Å². The molecule has 1 aromatic rings. The lowest BCUT2D eigenvalue weighted by atomic mass is 9.51. The number of carboxylic acids is 1. The molecule has 0 saturated heterocycles. The van der Waals surface area contributed by atoms with Gasteiger partial charge in [0.05, 0.1) is 17.8 Å². The van der Waals surface area contributed by atoms with Crippen molar-refractivity contribution < 1.29 is 9.90 Å². The molecular formula is C16H20N2O2. The first-order chi connectivity index (χ1) is 9.69. The van der Waals surface area contributed by atoms with E-state index in [1.807, 2.05) is 6.20 Å². The van der Waals surface area contributed by atoms with Crippen LogP contribution in [0.3, 0.4) is 0 Å². The van der Waals surface area contributed by atoms with E-state index in [1.54, 1.807) is 6.20 Å². The number of carboxylic acid groups (broad SMARTS) is 1. The molecule has 0 atom stereocenters. The summed E-state index contributed by atoms with van der Waals surface area (Å²) in [6.45, 7) is 0. The van der Waals surface area contributed by atoms with Crippen LogP contribution in [0.1, 0.15) is 49.4 Å². The van der Waals surface area contributed by atoms with Gasteiger partial charge in [-0.3, -0.25) is 14.8 Å². The Morgan fingerprint density at radius 3 is 2.20 bits per heavy atom. The molecule has 1 N–H and O–H groups in total. The van der Waals surface area contributed by atoms with Crippen LogP contribution in [0.15, 0.2) is 12.4 Å². The summed E-state index contributed by atoms with van der Waals surface area (Å²) in [6, 6.07) is 0. The van der Waals surface area contributed by atoms with E-state index >= 15 is 0 Å². The fourth-order valence-corrected chi connectivity index (χ4v) is 5.19. The van der Waals surface area contributed by atoms with Crippen LogP contribution >= 0.6 is 0 Å². The lowest BCUT2D eigenvalue weighted by Gasteiger charge is -2.54. The Morgan fingerprint density at radius 1 is 1.05 bits per heavy atom. The van der Waals surface area contributed by atoms with Gasteiger partial charge in [0.2, 0.25) is 0 Å². The Kier molecular flexibility index (Phi) is 2.79. The van der Waals surface area contributed by atoms with Gasteiger partial charge in [0.25, 0.3) is 0 Å². The van der Waals surface area contributed by atoms with E-state index in [1.165, 1.54) is 32.1 Å². The van der Waals surface area contributed by atoms with E-state index in [0.717, 1.165) is 29.4 Å². The Balaban J connectivity index is 1.57. The third-order valence-corrected chi connectivity index (χ3v) is 5.63. The van der Waals surface area contributed by atoms with Crippen LogP contribution in [-0.2, 0) is 11.2 Å². The predicted octanol–water partition coefficient (Wildman–Crippen LogP) is 2.64. The molecule has 4 aliphatic carbocycles. The lowest BCUT2D eigenvalue weighted by molar-refractivity contribution is -0.136. The van der Waals surface area contributed by atoms with Crippen molar-refractivity contribution >= 4 is 5.97 Å². The van der Waals surface area contributed by atoms with Crippen molar-refractivity contribution in [3.8, 4) is 0 Å². The van der Waals surface area contributed by atoms with Gasteiger partial charge >= 0.3 is 5.97 Å². The fourth-order valence-electron chi connectivity index (χ4n) is 5.19. The third kappa shape index (κ3) is 2.02. The standard InChI is InChI=1S/C16H20N2O2/c19-15(20)6-13-7-18-14(8-17-13)16-11-2-9-1-10(4-11)5-12(16)3-9/h7-12,16H,1-6H2,(H,19,20). The molecule has 0 spiro atoms. The molecular weight excluding hydrogens is 252 g/mol. The summed E-state index contributed by atoms with van der Waals surface area (Å²) in [5.41, 5.74) is 1.66. The summed E-state index contributed by atoms with van der Waals surface area (Å²) in [4.78, 5) is 19.5. The average Bonchev–Trinajstić information content (AvgIpc) is 2.38. The molecule has 5 rings (SSSR count). The first-order valence-corrected chi connectivity index (χ1v) is 7.71. The molecule has 20 heavy (non-hydrogen) atoms. The zero-order chi connectivity index (χ0) is 13.7. The minimum atomic E-state index is -0.846. The van der Waals surface area contributed by atoms with E-state index in [9.17, 15) is 4.79 Å². The highest BCUT2D eigenvalue weighted by atomic mass is 16.4. The second-order valence-electron chi connectivity index (χ2n) is 6.96. The van der Waals surface area contributed by atoms with Crippen LogP contribution in [0, 0.1) is 23.7 Å². The number of hydrogen-bond donors (Lipinski definition) is 1. The van der Waals surface area contributed by atoms with Crippen molar-refractivity contribution in [3.05, 3.63) is 23.8 Å². The third-order valence-electron chi connectivity index (χ3n) is 5.63. The van der Waals surface area contributed by atoms with E-state index in [0.29, 0.717) is 11.6 Å². The van der Waals surface area contributed by atoms with Crippen LogP contribution in [-0.4, -0.2) is 21.0 Å². The van der Waals surface area contributed by atoms with Crippen molar-refractivity contribution in [2.45, 2.75) is 44.4 Å². The fraction of sp³-hybridized carbons (Fsp3) is 0.688. The smallest absolute Gasteiger partial charge is 0.309 e. The van der Waals surface area contributed by atoms with Gasteiger partial charge in [-0.25, -0.2) is 0 Å². The second kappa shape index (κ2) is 4.54. The number of aliphatic carboxylic acids is 1. The topological polar surface area (TPSA) is 63.1 Å². The summed E-state index contributed by atoms with van der Waals surface area (Å²) in [5, 5.41) is 8.78. The maximum absolute atomic E-state index is 10.7. The highest BCUT2D eigenvalue weighted by Gasteiger charge is 2.49. The predicted molar refractivity (Wildman–Crippen MR) is 73.2 cm³/mol. The molecule has 4 bridgehead atoms. The summed E-state index contributed by atoms with van der Waals surface area (Å²) < 4.78 is 0. The van der Waals surface area contributed by atoms with Gasteiger partial charge in [-0.1, -0.05) is 0 Å². The number of rotatable bonds is 3. The van der Waals surface area contributed by atoms with Crippen LogP contribution in [0.2, 0.25) is 0 Å². The van der Waals surface area contributed by atoms with Crippen LogP contribution < -0.4 is 0 Å². The summed E-state index contributed by atoms with van der Waals surface area (Å²) in [5.74, 6) is 3.26. The van der Waals surface area contributed by atoms with Gasteiger partial charge in [-0.05, 0) is 55.8 Å². The number of nitrogens with zero attached hydrogens (tertiary/aromatic N) is 2. The number of aromatic nitrogens is 2. The Bertz CT molecular complexity index is 498. The minimum Gasteiger partial charge on any atom is -0.481 e. The molecule has 4 heteroatoms. The van der Waals surface area contributed by atoms with E-state index in [4.69, 9.17) is 5.11 Å². The van der Waals surface area contributed by atoms with Crippen molar-refractivity contribution in [2.24, 2.45) is 23.7 Å². The molecule has 106 valence electrons. The molecule has 0 unspecified atom stereocenters. The van der Waals surface area contributed by atoms with Crippen molar-refractivity contribution in [1.82, 2.24) is 9.97 Å². The zero-order valence-electron chi connectivity index (χ0n) is 11.5. The molecule has 4 saturated carbocycles. The van der Waals surface area contributed by atoms with E-state index < -0.39 is 5.97 Å².